The average Bonchev–Trinajstić information content (AvgIpc) is 2.54. The second-order valence-corrected chi connectivity index (χ2v) is 5.32. The quantitative estimate of drug-likeness (QED) is 0.830. The second-order valence-electron chi connectivity index (χ2n) is 5.32. The van der Waals surface area contributed by atoms with E-state index in [4.69, 9.17) is 9.47 Å². The third-order valence-electron chi connectivity index (χ3n) is 3.78. The summed E-state index contributed by atoms with van der Waals surface area (Å²) in [5.74, 6) is -1.93. The maximum atomic E-state index is 12.3. The maximum absolute atomic E-state index is 12.3. The Labute approximate surface area is 136 Å². The highest BCUT2D eigenvalue weighted by Crippen LogP contribution is 2.39. The molecule has 2 N–H and O–H groups in total. The van der Waals surface area contributed by atoms with Crippen LogP contribution in [0.3, 0.4) is 0 Å². The third-order valence-corrected chi connectivity index (χ3v) is 3.78. The minimum Gasteiger partial charge on any atom is -0.508 e. The summed E-state index contributed by atoms with van der Waals surface area (Å²) in [5.41, 5.74) is 0.286. The van der Waals surface area contributed by atoms with E-state index in [1.807, 2.05) is 0 Å². The molecule has 0 bridgehead atoms. The van der Waals surface area contributed by atoms with Gasteiger partial charge >= 0.3 is 11.9 Å². The number of phenolic OH excluding ortho intramolecular Hbond substituents is 1. The van der Waals surface area contributed by atoms with Gasteiger partial charge in [-0.15, -0.1) is 0 Å². The fourth-order valence-corrected chi connectivity index (χ4v) is 2.77. The van der Waals surface area contributed by atoms with E-state index in [0.29, 0.717) is 5.56 Å². The first-order valence-corrected chi connectivity index (χ1v) is 7.43. The van der Waals surface area contributed by atoms with E-state index >= 15 is 0 Å². The number of ether oxygens (including phenoxy) is 2. The van der Waals surface area contributed by atoms with Crippen LogP contribution < -0.4 is 10.3 Å². The number of carbonyl (C=O) groups excluding carboxylic acids is 2. The molecule has 1 aliphatic rings. The molecular formula is C17H15NO6. The van der Waals surface area contributed by atoms with Crippen molar-refractivity contribution in [2.45, 2.75) is 19.3 Å². The number of hydrogen-bond acceptors (Lipinski definition) is 6. The van der Waals surface area contributed by atoms with Gasteiger partial charge in [0.2, 0.25) is 0 Å². The first kappa shape index (κ1) is 15.8. The molecule has 7 nitrogen and oxygen atoms in total. The van der Waals surface area contributed by atoms with Gasteiger partial charge in [-0.25, -0.2) is 4.79 Å². The molecule has 24 heavy (non-hydrogen) atoms. The first-order chi connectivity index (χ1) is 11.5. The number of H-pyrrole nitrogens is 1. The Morgan fingerprint density at radius 2 is 2.21 bits per heavy atom. The number of fused-ring (bicyclic) bond motifs is 1. The molecule has 0 radical (unpaired) electrons. The lowest BCUT2D eigenvalue weighted by Gasteiger charge is -2.25. The SMILES string of the molecule is CCOC(=O)c1c[nH]c(=O)c2c1OC(=O)C[C@H]2c1cccc(O)c1. The third kappa shape index (κ3) is 2.76. The molecule has 7 heteroatoms. The molecule has 0 saturated heterocycles. The number of nitrogens with one attached hydrogen (secondary N) is 1. The number of aromatic nitrogens is 1. The molecule has 1 aliphatic heterocycles. The monoisotopic (exact) mass is 329 g/mol. The smallest absolute Gasteiger partial charge is 0.343 e. The van der Waals surface area contributed by atoms with E-state index in [1.54, 1.807) is 19.1 Å². The summed E-state index contributed by atoms with van der Waals surface area (Å²) in [6, 6.07) is 6.28. The number of pyridine rings is 1. The van der Waals surface area contributed by atoms with E-state index in [0.717, 1.165) is 0 Å². The largest absolute Gasteiger partial charge is 0.508 e. The van der Waals surface area contributed by atoms with Gasteiger partial charge in [0.1, 0.15) is 11.3 Å². The average molecular weight is 329 g/mol. The minimum atomic E-state index is -0.686. The van der Waals surface area contributed by atoms with Crippen LogP contribution in [0.2, 0.25) is 0 Å². The standard InChI is InChI=1S/C17H15NO6/c1-2-23-17(22)12-8-18-16(21)14-11(7-13(20)24-15(12)14)9-4-3-5-10(19)6-9/h3-6,8,11,19H,2,7H2,1H3,(H,18,21)/t11-/m0/s1. The van der Waals surface area contributed by atoms with Gasteiger partial charge in [0, 0.05) is 12.1 Å². The number of hydrogen-bond donors (Lipinski definition) is 2. The zero-order chi connectivity index (χ0) is 17.3. The normalized spacial score (nSPS) is 16.2. The van der Waals surface area contributed by atoms with Crippen molar-refractivity contribution in [3.8, 4) is 11.5 Å². The van der Waals surface area contributed by atoms with Gasteiger partial charge in [0.15, 0.2) is 5.75 Å². The predicted molar refractivity (Wildman–Crippen MR) is 83.2 cm³/mol. The summed E-state index contributed by atoms with van der Waals surface area (Å²) in [6.07, 6.45) is 1.11. The van der Waals surface area contributed by atoms with Crippen molar-refractivity contribution < 1.29 is 24.2 Å². The van der Waals surface area contributed by atoms with Gasteiger partial charge < -0.3 is 19.6 Å². The Morgan fingerprint density at radius 3 is 2.92 bits per heavy atom. The summed E-state index contributed by atoms with van der Waals surface area (Å²) >= 11 is 0. The molecule has 0 aliphatic carbocycles. The van der Waals surface area contributed by atoms with Crippen molar-refractivity contribution in [1.82, 2.24) is 4.98 Å². The molecule has 3 rings (SSSR count). The first-order valence-electron chi connectivity index (χ1n) is 7.43. The van der Waals surface area contributed by atoms with Gasteiger partial charge in [-0.1, -0.05) is 12.1 Å². The lowest BCUT2D eigenvalue weighted by atomic mass is 9.86. The number of carbonyl (C=O) groups is 2. The Bertz CT molecular complexity index is 870. The van der Waals surface area contributed by atoms with Gasteiger partial charge in [-0.05, 0) is 24.6 Å². The fraction of sp³-hybridized carbons (Fsp3) is 0.235. The molecule has 0 amide bonds. The van der Waals surface area contributed by atoms with E-state index in [1.165, 1.54) is 18.3 Å². The van der Waals surface area contributed by atoms with E-state index in [2.05, 4.69) is 4.98 Å². The molecule has 1 aromatic heterocycles. The number of phenols is 1. The van der Waals surface area contributed by atoms with Gasteiger partial charge in [0.05, 0.1) is 18.6 Å². The fourth-order valence-electron chi connectivity index (χ4n) is 2.77. The van der Waals surface area contributed by atoms with Crippen molar-refractivity contribution in [2.75, 3.05) is 6.61 Å². The van der Waals surface area contributed by atoms with Crippen molar-refractivity contribution in [1.29, 1.82) is 0 Å². The van der Waals surface area contributed by atoms with Crippen molar-refractivity contribution in [2.24, 2.45) is 0 Å². The molecule has 2 aromatic rings. The van der Waals surface area contributed by atoms with Crippen LogP contribution in [-0.2, 0) is 9.53 Å². The molecular weight excluding hydrogens is 314 g/mol. The van der Waals surface area contributed by atoms with Crippen molar-refractivity contribution >= 4 is 11.9 Å². The summed E-state index contributed by atoms with van der Waals surface area (Å²) in [6.45, 7) is 1.80. The van der Waals surface area contributed by atoms with Crippen molar-refractivity contribution in [3.63, 3.8) is 0 Å². The Kier molecular flexibility index (Phi) is 4.07. The van der Waals surface area contributed by atoms with Crippen LogP contribution in [-0.4, -0.2) is 28.6 Å². The predicted octanol–water partition coefficient (Wildman–Crippen LogP) is 1.70. The van der Waals surface area contributed by atoms with Crippen LogP contribution >= 0.6 is 0 Å². The molecule has 1 aromatic carbocycles. The number of aromatic amines is 1. The maximum Gasteiger partial charge on any atom is 0.343 e. The van der Waals surface area contributed by atoms with E-state index in [9.17, 15) is 19.5 Å². The summed E-state index contributed by atoms with van der Waals surface area (Å²) in [7, 11) is 0. The molecule has 0 saturated carbocycles. The Balaban J connectivity index is 2.19. The van der Waals surface area contributed by atoms with Gasteiger partial charge in [0.25, 0.3) is 5.56 Å². The van der Waals surface area contributed by atoms with Crippen LogP contribution in [0.4, 0.5) is 0 Å². The summed E-state index contributed by atoms with van der Waals surface area (Å²) in [4.78, 5) is 38.8. The van der Waals surface area contributed by atoms with Gasteiger partial charge in [-0.2, -0.15) is 0 Å². The summed E-state index contributed by atoms with van der Waals surface area (Å²) < 4.78 is 10.1. The highest BCUT2D eigenvalue weighted by molar-refractivity contribution is 5.94. The van der Waals surface area contributed by atoms with Crippen LogP contribution in [0.1, 0.15) is 40.7 Å². The lowest BCUT2D eigenvalue weighted by Crippen LogP contribution is -2.30. The van der Waals surface area contributed by atoms with Crippen molar-refractivity contribution in [3.05, 3.63) is 57.5 Å². The number of esters is 2. The minimum absolute atomic E-state index is 0.00958. The van der Waals surface area contributed by atoms with Crippen LogP contribution in [0.25, 0.3) is 0 Å². The topological polar surface area (TPSA) is 106 Å². The number of aromatic hydroxyl groups is 1. The molecule has 0 spiro atoms. The lowest BCUT2D eigenvalue weighted by molar-refractivity contribution is -0.135. The molecule has 1 atom stereocenters. The Morgan fingerprint density at radius 1 is 1.42 bits per heavy atom. The Hall–Kier alpha value is -3.09. The van der Waals surface area contributed by atoms with E-state index < -0.39 is 23.4 Å². The number of rotatable bonds is 3. The van der Waals surface area contributed by atoms with Crippen LogP contribution in [0.15, 0.2) is 35.3 Å². The van der Waals surface area contributed by atoms with Gasteiger partial charge in [-0.3, -0.25) is 9.59 Å². The zero-order valence-electron chi connectivity index (χ0n) is 12.9. The second kappa shape index (κ2) is 6.19. The molecule has 124 valence electrons. The zero-order valence-corrected chi connectivity index (χ0v) is 12.9. The molecule has 2 heterocycles. The molecule has 0 unspecified atom stereocenters. The highest BCUT2D eigenvalue weighted by Gasteiger charge is 2.34. The number of benzene rings is 1. The van der Waals surface area contributed by atoms with Crippen LogP contribution in [0.5, 0.6) is 11.5 Å². The summed E-state index contributed by atoms with van der Waals surface area (Å²) in [5, 5.41) is 9.66. The van der Waals surface area contributed by atoms with Crippen LogP contribution in [0, 0.1) is 0 Å². The highest BCUT2D eigenvalue weighted by atomic mass is 16.5. The van der Waals surface area contributed by atoms with E-state index in [-0.39, 0.29) is 35.7 Å². The molecule has 0 fully saturated rings.